The quantitative estimate of drug-likeness (QED) is 0.832. The summed E-state index contributed by atoms with van der Waals surface area (Å²) in [6.07, 6.45) is 2.09. The van der Waals surface area contributed by atoms with E-state index in [1.807, 2.05) is 0 Å². The van der Waals surface area contributed by atoms with E-state index in [0.29, 0.717) is 0 Å². The van der Waals surface area contributed by atoms with E-state index < -0.39 is 0 Å². The third-order valence-corrected chi connectivity index (χ3v) is 4.30. The molecule has 3 heteroatoms. The Morgan fingerprint density at radius 3 is 2.10 bits per heavy atom. The molecule has 2 rings (SSSR count). The largest absolute Gasteiger partial charge is 0.493 e. The van der Waals surface area contributed by atoms with E-state index in [-0.39, 0.29) is 11.0 Å². The fraction of sp³-hybridized carbons (Fsp3) is 0.647. The van der Waals surface area contributed by atoms with Crippen LogP contribution in [-0.2, 0) is 15.8 Å². The lowest BCUT2D eigenvalue weighted by atomic mass is 9.74. The molecule has 20 heavy (non-hydrogen) atoms. The molecule has 0 aromatic heterocycles. The van der Waals surface area contributed by atoms with Gasteiger partial charge in [-0.2, -0.15) is 0 Å². The second kappa shape index (κ2) is 5.28. The van der Waals surface area contributed by atoms with Gasteiger partial charge in [0, 0.05) is 5.41 Å². The van der Waals surface area contributed by atoms with Gasteiger partial charge in [-0.15, -0.1) is 0 Å². The average molecular weight is 278 g/mol. The third-order valence-electron chi connectivity index (χ3n) is 4.30. The summed E-state index contributed by atoms with van der Waals surface area (Å²) in [6.45, 7) is 9.52. The van der Waals surface area contributed by atoms with Crippen molar-refractivity contribution in [3.05, 3.63) is 23.3 Å². The molecule has 0 spiro atoms. The second-order valence-corrected chi connectivity index (χ2v) is 6.41. The van der Waals surface area contributed by atoms with Gasteiger partial charge in [0.15, 0.2) is 11.5 Å². The summed E-state index contributed by atoms with van der Waals surface area (Å²) in [7, 11) is 3.36. The van der Waals surface area contributed by atoms with E-state index in [1.54, 1.807) is 14.2 Å². The molecule has 1 aromatic rings. The summed E-state index contributed by atoms with van der Waals surface area (Å²) < 4.78 is 17.1. The fourth-order valence-electron chi connectivity index (χ4n) is 3.06. The van der Waals surface area contributed by atoms with Gasteiger partial charge >= 0.3 is 0 Å². The van der Waals surface area contributed by atoms with Gasteiger partial charge in [-0.1, -0.05) is 27.2 Å². The average Bonchev–Trinajstić information content (AvgIpc) is 2.43. The molecule has 1 aromatic carbocycles. The van der Waals surface area contributed by atoms with Crippen LogP contribution in [0.25, 0.3) is 0 Å². The van der Waals surface area contributed by atoms with Crippen LogP contribution < -0.4 is 9.47 Å². The van der Waals surface area contributed by atoms with Crippen LogP contribution in [0.15, 0.2) is 12.1 Å². The second-order valence-electron chi connectivity index (χ2n) is 6.41. The van der Waals surface area contributed by atoms with Crippen LogP contribution in [-0.4, -0.2) is 20.8 Å². The van der Waals surface area contributed by atoms with Crippen LogP contribution in [0.3, 0.4) is 0 Å². The highest BCUT2D eigenvalue weighted by atomic mass is 16.5. The van der Waals surface area contributed by atoms with E-state index in [1.165, 1.54) is 11.1 Å². The Morgan fingerprint density at radius 1 is 1.05 bits per heavy atom. The Balaban J connectivity index is 2.64. The topological polar surface area (TPSA) is 27.7 Å². The van der Waals surface area contributed by atoms with Gasteiger partial charge < -0.3 is 14.2 Å². The van der Waals surface area contributed by atoms with Crippen molar-refractivity contribution in [1.82, 2.24) is 0 Å². The van der Waals surface area contributed by atoms with E-state index >= 15 is 0 Å². The van der Waals surface area contributed by atoms with Crippen molar-refractivity contribution in [2.45, 2.75) is 51.6 Å². The number of rotatable bonds is 4. The zero-order chi connectivity index (χ0) is 15.0. The lowest BCUT2D eigenvalue weighted by molar-refractivity contribution is -0.0774. The summed E-state index contributed by atoms with van der Waals surface area (Å²) in [5.41, 5.74) is 2.28. The van der Waals surface area contributed by atoms with Gasteiger partial charge in [0.05, 0.1) is 26.4 Å². The Hall–Kier alpha value is -1.22. The highest BCUT2D eigenvalue weighted by molar-refractivity contribution is 5.52. The Bertz CT molecular complexity index is 493. The Morgan fingerprint density at radius 2 is 1.60 bits per heavy atom. The van der Waals surface area contributed by atoms with E-state index in [4.69, 9.17) is 14.2 Å². The van der Waals surface area contributed by atoms with Crippen LogP contribution in [0, 0.1) is 0 Å². The van der Waals surface area contributed by atoms with E-state index in [9.17, 15) is 0 Å². The molecule has 0 fully saturated rings. The maximum Gasteiger partial charge on any atom is 0.161 e. The predicted octanol–water partition coefficient (Wildman–Crippen LogP) is 4.03. The molecule has 1 aliphatic heterocycles. The first kappa shape index (κ1) is 15.2. The van der Waals surface area contributed by atoms with Crippen LogP contribution in [0.1, 0.15) is 51.7 Å². The smallest absolute Gasteiger partial charge is 0.161 e. The molecule has 0 aliphatic carbocycles. The minimum Gasteiger partial charge on any atom is -0.493 e. The summed E-state index contributed by atoms with van der Waals surface area (Å²) in [6, 6.07) is 4.20. The van der Waals surface area contributed by atoms with Crippen molar-refractivity contribution in [3.8, 4) is 11.5 Å². The van der Waals surface area contributed by atoms with Gasteiger partial charge in [-0.25, -0.2) is 0 Å². The molecule has 0 saturated heterocycles. The van der Waals surface area contributed by atoms with Crippen LogP contribution in [0.4, 0.5) is 0 Å². The zero-order valence-electron chi connectivity index (χ0n) is 13.5. The standard InChI is InChI=1S/C17H26O3/c1-7-8-17(4)13-10-15(19-6)14(18-5)9-12(13)16(2,3)11-20-17/h9-10H,7-8,11H2,1-6H3. The highest BCUT2D eigenvalue weighted by Gasteiger charge is 2.41. The number of ether oxygens (including phenoxy) is 3. The molecule has 0 amide bonds. The SMILES string of the molecule is CCCC1(C)OCC(C)(C)c2cc(OC)c(OC)cc21. The van der Waals surface area contributed by atoms with Gasteiger partial charge in [-0.3, -0.25) is 0 Å². The molecule has 0 radical (unpaired) electrons. The zero-order valence-corrected chi connectivity index (χ0v) is 13.5. The maximum absolute atomic E-state index is 6.22. The normalized spacial score (nSPS) is 24.1. The Labute approximate surface area is 122 Å². The fourth-order valence-corrected chi connectivity index (χ4v) is 3.06. The molecule has 0 bridgehead atoms. The lowest BCUT2D eigenvalue weighted by Gasteiger charge is -2.44. The Kier molecular flexibility index (Phi) is 4.01. The lowest BCUT2D eigenvalue weighted by Crippen LogP contribution is -2.41. The number of methoxy groups -OCH3 is 2. The minimum absolute atomic E-state index is 0.0118. The molecule has 3 nitrogen and oxygen atoms in total. The molecule has 1 unspecified atom stereocenters. The molecular weight excluding hydrogens is 252 g/mol. The van der Waals surface area contributed by atoms with Crippen molar-refractivity contribution in [3.63, 3.8) is 0 Å². The maximum atomic E-state index is 6.22. The van der Waals surface area contributed by atoms with Gasteiger partial charge in [-0.05, 0) is 36.6 Å². The van der Waals surface area contributed by atoms with Crippen LogP contribution >= 0.6 is 0 Å². The number of hydrogen-bond acceptors (Lipinski definition) is 3. The third kappa shape index (κ3) is 2.39. The summed E-state index contributed by atoms with van der Waals surface area (Å²) in [4.78, 5) is 0. The summed E-state index contributed by atoms with van der Waals surface area (Å²) in [5.74, 6) is 1.56. The van der Waals surface area contributed by atoms with Crippen molar-refractivity contribution in [2.24, 2.45) is 0 Å². The summed E-state index contributed by atoms with van der Waals surface area (Å²) >= 11 is 0. The van der Waals surface area contributed by atoms with E-state index in [0.717, 1.165) is 30.9 Å². The molecule has 1 heterocycles. The first-order valence-corrected chi connectivity index (χ1v) is 7.29. The van der Waals surface area contributed by atoms with Crippen molar-refractivity contribution in [2.75, 3.05) is 20.8 Å². The van der Waals surface area contributed by atoms with Crippen molar-refractivity contribution < 1.29 is 14.2 Å². The van der Waals surface area contributed by atoms with E-state index in [2.05, 4.69) is 39.8 Å². The van der Waals surface area contributed by atoms with Gasteiger partial charge in [0.2, 0.25) is 0 Å². The first-order chi connectivity index (χ1) is 9.38. The van der Waals surface area contributed by atoms with Crippen molar-refractivity contribution in [1.29, 1.82) is 0 Å². The van der Waals surface area contributed by atoms with Gasteiger partial charge in [0.1, 0.15) is 0 Å². The minimum atomic E-state index is -0.237. The summed E-state index contributed by atoms with van der Waals surface area (Å²) in [5, 5.41) is 0. The number of hydrogen-bond donors (Lipinski definition) is 0. The van der Waals surface area contributed by atoms with Crippen LogP contribution in [0.5, 0.6) is 11.5 Å². The van der Waals surface area contributed by atoms with Gasteiger partial charge in [0.25, 0.3) is 0 Å². The highest BCUT2D eigenvalue weighted by Crippen LogP contribution is 2.47. The first-order valence-electron chi connectivity index (χ1n) is 7.29. The monoisotopic (exact) mass is 278 g/mol. The number of fused-ring (bicyclic) bond motifs is 1. The van der Waals surface area contributed by atoms with Crippen LogP contribution in [0.2, 0.25) is 0 Å². The number of benzene rings is 1. The molecule has 112 valence electrons. The molecule has 1 atom stereocenters. The predicted molar refractivity (Wildman–Crippen MR) is 80.8 cm³/mol. The molecule has 1 aliphatic rings. The van der Waals surface area contributed by atoms with Crippen molar-refractivity contribution >= 4 is 0 Å². The molecule has 0 saturated carbocycles. The molecular formula is C17H26O3. The molecule has 0 N–H and O–H groups in total.